The van der Waals surface area contributed by atoms with Crippen LogP contribution in [0.4, 0.5) is 0 Å². The smallest absolute Gasteiger partial charge is 0 e. The van der Waals surface area contributed by atoms with Gasteiger partial charge in [-0.25, -0.2) is 0 Å². The fourth-order valence-corrected chi connectivity index (χ4v) is 2.12. The minimum Gasteiger partial charge on any atom is -0.412 e. The highest BCUT2D eigenvalue weighted by Gasteiger charge is 1.96. The van der Waals surface area contributed by atoms with Crippen molar-refractivity contribution in [2.45, 2.75) is 77.0 Å². The fourth-order valence-electron chi connectivity index (χ4n) is 2.12. The van der Waals surface area contributed by atoms with Gasteiger partial charge in [-0.2, -0.15) is 0 Å². The Balaban J connectivity index is -0.00000000689. The lowest BCUT2D eigenvalue weighted by atomic mass is 10.0. The summed E-state index contributed by atoms with van der Waals surface area (Å²) in [5.41, 5.74) is 0. The number of rotatable bonds is 0. The third kappa shape index (κ3) is 32.4. The molecule has 2 rings (SSSR count). The maximum atomic E-state index is 1.50. The van der Waals surface area contributed by atoms with Crippen LogP contribution in [-0.4, -0.2) is 5.48 Å². The minimum absolute atomic E-state index is 0. The molecule has 0 spiro atoms. The van der Waals surface area contributed by atoms with Gasteiger partial charge in [0.1, 0.15) is 0 Å². The van der Waals surface area contributed by atoms with Gasteiger partial charge in [0, 0.05) is 8.56 Å². The summed E-state index contributed by atoms with van der Waals surface area (Å²) in [6.45, 7) is 0. The van der Waals surface area contributed by atoms with Crippen LogP contribution < -0.4 is 24.6 Å². The predicted octanol–water partition coefficient (Wildman–Crippen LogP) is 7.14. The first-order valence-corrected chi connectivity index (χ1v) is 6.00. The summed E-state index contributed by atoms with van der Waals surface area (Å²) in [7, 11) is 0. The van der Waals surface area contributed by atoms with E-state index < -0.39 is 0 Å². The Labute approximate surface area is 150 Å². The van der Waals surface area contributed by atoms with Crippen molar-refractivity contribution in [1.82, 2.24) is 24.6 Å². The molecule has 2 aliphatic carbocycles. The molecule has 5 nitrogen and oxygen atoms in total. The van der Waals surface area contributed by atoms with Crippen LogP contribution in [0.25, 0.3) is 0 Å². The number of hydrogen-bond donors (Lipinski definition) is 4. The molecule has 2 fully saturated rings. The summed E-state index contributed by atoms with van der Waals surface area (Å²) in [6, 6.07) is 0. The Morgan fingerprint density at radius 2 is 0.368 bits per heavy atom. The van der Waals surface area contributed by atoms with Crippen LogP contribution in [0, 0.1) is 0 Å². The topological polar surface area (TPSA) is 172 Å². The molecule has 0 aliphatic heterocycles. The van der Waals surface area contributed by atoms with Gasteiger partial charge >= 0.3 is 0 Å². The van der Waals surface area contributed by atoms with Gasteiger partial charge in [0.15, 0.2) is 0 Å². The van der Waals surface area contributed by atoms with E-state index in [1.165, 1.54) is 77.0 Å². The van der Waals surface area contributed by atoms with Gasteiger partial charge in [-0.15, -0.1) is 34.0 Å². The largest absolute Gasteiger partial charge is 0.412 e. The summed E-state index contributed by atoms with van der Waals surface area (Å²) >= 11 is 0. The first-order chi connectivity index (χ1) is 6.00. The number of halogens is 2. The Bertz CT molecular complexity index is 90.6. The minimum atomic E-state index is 0. The summed E-state index contributed by atoms with van der Waals surface area (Å²) < 4.78 is 0. The molecular formula is C12H52Br2N4O. The molecule has 0 unspecified atom stereocenters. The SMILES string of the molecule is Br.Br.C1CCCCC1.C1CCCCC1.N.N.N.N.O.[HH].[HH].[HH].[HH].[HH].[HH]. The lowest BCUT2D eigenvalue weighted by molar-refractivity contribution is 0.504. The molecule has 7 heteroatoms. The van der Waals surface area contributed by atoms with Crippen LogP contribution in [0.3, 0.4) is 0 Å². The quantitative estimate of drug-likeness (QED) is 0.321. The van der Waals surface area contributed by atoms with E-state index in [-0.39, 0.29) is 72.6 Å². The second kappa shape index (κ2) is 36.3. The average molecular weight is 428 g/mol. The average Bonchev–Trinajstić information content (AvgIpc) is 2.24. The van der Waals surface area contributed by atoms with Gasteiger partial charge < -0.3 is 30.1 Å². The third-order valence-electron chi connectivity index (χ3n) is 3.00. The van der Waals surface area contributed by atoms with Crippen LogP contribution in [-0.2, 0) is 0 Å². The van der Waals surface area contributed by atoms with Gasteiger partial charge in [0.05, 0.1) is 0 Å². The van der Waals surface area contributed by atoms with Gasteiger partial charge in [-0.3, -0.25) is 0 Å². The first-order valence-electron chi connectivity index (χ1n) is 6.00. The van der Waals surface area contributed by atoms with Crippen LogP contribution in [0.1, 0.15) is 85.6 Å². The van der Waals surface area contributed by atoms with E-state index in [9.17, 15) is 0 Å². The molecule has 0 heterocycles. The van der Waals surface area contributed by atoms with Crippen molar-refractivity contribution in [1.29, 1.82) is 0 Å². The van der Waals surface area contributed by atoms with Gasteiger partial charge in [-0.1, -0.05) is 77.0 Å². The summed E-state index contributed by atoms with van der Waals surface area (Å²) in [4.78, 5) is 0. The van der Waals surface area contributed by atoms with E-state index in [4.69, 9.17) is 0 Å². The third-order valence-corrected chi connectivity index (χ3v) is 3.00. The molecule has 19 heavy (non-hydrogen) atoms. The monoisotopic (exact) mass is 426 g/mol. The molecule has 0 saturated heterocycles. The molecular weight excluding hydrogens is 376 g/mol. The van der Waals surface area contributed by atoms with E-state index in [1.54, 1.807) is 0 Å². The van der Waals surface area contributed by atoms with Crippen LogP contribution in [0.2, 0.25) is 0 Å². The molecule has 0 bridgehead atoms. The van der Waals surface area contributed by atoms with E-state index in [1.807, 2.05) is 0 Å². The highest BCUT2D eigenvalue weighted by molar-refractivity contribution is 8.93. The first kappa shape index (κ1) is 42.7. The Morgan fingerprint density at radius 1 is 0.316 bits per heavy atom. The Hall–Kier alpha value is 0.760. The maximum Gasteiger partial charge on any atom is 0 e. The standard InChI is InChI=1S/2C6H12.2BrH.4H3N.H2O.6H2/c2*1-2-4-6-5-3-1;;;;;;;;;;;;;/h2*1-6H2;2*1H;4*1H3;1H2;6*1H. The highest BCUT2D eigenvalue weighted by atomic mass is 79.9. The summed E-state index contributed by atoms with van der Waals surface area (Å²) in [5.74, 6) is 0. The van der Waals surface area contributed by atoms with E-state index >= 15 is 0 Å². The van der Waals surface area contributed by atoms with Crippen LogP contribution in [0.15, 0.2) is 0 Å². The van der Waals surface area contributed by atoms with Crippen molar-refractivity contribution in [3.05, 3.63) is 0 Å². The van der Waals surface area contributed by atoms with Crippen molar-refractivity contribution in [2.75, 3.05) is 0 Å². The lowest BCUT2D eigenvalue weighted by Gasteiger charge is -2.05. The highest BCUT2D eigenvalue weighted by Crippen LogP contribution is 2.15. The molecule has 2 aliphatic rings. The molecule has 0 aromatic carbocycles. The summed E-state index contributed by atoms with van der Waals surface area (Å²) in [6.07, 6.45) is 18.0. The summed E-state index contributed by atoms with van der Waals surface area (Å²) in [5, 5.41) is 0. The molecule has 0 radical (unpaired) electrons. The zero-order valence-electron chi connectivity index (χ0n) is 12.6. The van der Waals surface area contributed by atoms with Crippen LogP contribution >= 0.6 is 34.0 Å². The molecule has 0 aromatic rings. The maximum absolute atomic E-state index is 1.50. The van der Waals surface area contributed by atoms with Gasteiger partial charge in [0.2, 0.25) is 0 Å². The second-order valence-electron chi connectivity index (χ2n) is 4.24. The van der Waals surface area contributed by atoms with Crippen molar-refractivity contribution >= 4 is 34.0 Å². The zero-order valence-corrected chi connectivity index (χ0v) is 16.1. The predicted molar refractivity (Wildman–Crippen MR) is 112 cm³/mol. The molecule has 2 saturated carbocycles. The fraction of sp³-hybridized carbons (Fsp3) is 1.00. The molecule has 0 aromatic heterocycles. The van der Waals surface area contributed by atoms with E-state index in [2.05, 4.69) is 0 Å². The second-order valence-corrected chi connectivity index (χ2v) is 4.24. The van der Waals surface area contributed by atoms with Crippen molar-refractivity contribution < 1.29 is 14.0 Å². The van der Waals surface area contributed by atoms with E-state index in [0.717, 1.165) is 0 Å². The van der Waals surface area contributed by atoms with Gasteiger partial charge in [0.25, 0.3) is 0 Å². The van der Waals surface area contributed by atoms with Crippen molar-refractivity contribution in [3.63, 3.8) is 0 Å². The van der Waals surface area contributed by atoms with Crippen molar-refractivity contribution in [2.24, 2.45) is 0 Å². The van der Waals surface area contributed by atoms with Crippen LogP contribution in [0.5, 0.6) is 0 Å². The zero-order chi connectivity index (χ0) is 8.49. The van der Waals surface area contributed by atoms with Gasteiger partial charge in [-0.05, 0) is 0 Å². The lowest BCUT2D eigenvalue weighted by Crippen LogP contribution is -1.85. The molecule has 140 valence electrons. The molecule has 14 N–H and O–H groups in total. The molecule has 0 amide bonds. The number of hydrogen-bond acceptors (Lipinski definition) is 4. The van der Waals surface area contributed by atoms with Crippen molar-refractivity contribution in [3.8, 4) is 0 Å². The Kier molecular flexibility index (Phi) is 81.7. The van der Waals surface area contributed by atoms with E-state index in [0.29, 0.717) is 0 Å². The normalized spacial score (nSPS) is 15.2. The Morgan fingerprint density at radius 3 is 0.421 bits per heavy atom. The molecule has 0 atom stereocenters.